The van der Waals surface area contributed by atoms with Crippen molar-refractivity contribution in [3.05, 3.63) is 0 Å². The van der Waals surface area contributed by atoms with Gasteiger partial charge in [0.1, 0.15) is 0 Å². The molecule has 4 heterocycles. The van der Waals surface area contributed by atoms with E-state index < -0.39 is 40.6 Å². The highest BCUT2D eigenvalue weighted by Gasteiger charge is 2.95. The normalized spacial score (nSPS) is 50.3. The van der Waals surface area contributed by atoms with Gasteiger partial charge in [0.15, 0.2) is 8.32 Å². The highest BCUT2D eigenvalue weighted by molar-refractivity contribution is 7.14. The van der Waals surface area contributed by atoms with Crippen molar-refractivity contribution in [1.82, 2.24) is 0 Å². The summed E-state index contributed by atoms with van der Waals surface area (Å²) >= 11 is 0. The first-order chi connectivity index (χ1) is 11.4. The molecule has 0 aromatic carbocycles. The van der Waals surface area contributed by atoms with Gasteiger partial charge in [-0.2, -0.15) is 0 Å². The van der Waals surface area contributed by atoms with E-state index in [1.807, 2.05) is 0 Å². The average Bonchev–Trinajstić information content (AvgIpc) is 2.95. The Morgan fingerprint density at radius 3 is 1.62 bits per heavy atom. The topological polar surface area (TPSA) is 9.23 Å². The third-order valence-electron chi connectivity index (χ3n) is 9.53. The molecule has 0 N–H and O–H groups in total. The summed E-state index contributed by atoms with van der Waals surface area (Å²) in [5.74, 6) is 2.04. The van der Waals surface area contributed by atoms with E-state index in [2.05, 4.69) is 78.6 Å². The first-order valence-corrected chi connectivity index (χ1v) is 27.3. The molecule has 4 aliphatic heterocycles. The van der Waals surface area contributed by atoms with Gasteiger partial charge in [-0.15, -0.1) is 0 Å². The average molecular weight is 441 g/mol. The smallest absolute Gasteiger partial charge is 0.198 e. The largest absolute Gasteiger partial charge is 0.414 e. The molecule has 4 fully saturated rings. The summed E-state index contributed by atoms with van der Waals surface area (Å²) in [6.45, 7) is 32.4. The maximum Gasteiger partial charge on any atom is 0.198 e. The molecule has 1 spiro atoms. The summed E-state index contributed by atoms with van der Waals surface area (Å²) < 4.78 is 8.58. The zero-order valence-corrected chi connectivity index (χ0v) is 24.6. The quantitative estimate of drug-likeness (QED) is 0.439. The molecule has 4 saturated heterocycles. The van der Waals surface area contributed by atoms with Crippen LogP contribution < -0.4 is 0 Å². The first-order valence-electron chi connectivity index (χ1n) is 11.1. The molecule has 4 rings (SSSR count). The molecule has 0 saturated carbocycles. The molecular formula is C20H44OSi5. The number of rotatable bonds is 4. The van der Waals surface area contributed by atoms with Gasteiger partial charge in [-0.1, -0.05) is 78.6 Å². The second-order valence-corrected chi connectivity index (χ2v) is 41.8. The van der Waals surface area contributed by atoms with Gasteiger partial charge in [0, 0.05) is 21.4 Å². The minimum Gasteiger partial charge on any atom is -0.414 e. The highest BCUT2D eigenvalue weighted by atomic mass is 28.5. The predicted octanol–water partition coefficient (Wildman–Crippen LogP) is 6.74. The van der Waals surface area contributed by atoms with Crippen molar-refractivity contribution in [2.45, 2.75) is 112 Å². The lowest BCUT2D eigenvalue weighted by atomic mass is 9.77. The zero-order chi connectivity index (χ0) is 19.9. The minimum absolute atomic E-state index is 0.365. The van der Waals surface area contributed by atoms with Crippen molar-refractivity contribution in [2.24, 2.45) is 11.8 Å². The van der Waals surface area contributed by atoms with Crippen molar-refractivity contribution < 1.29 is 4.43 Å². The van der Waals surface area contributed by atoms with Gasteiger partial charge in [0.05, 0.1) is 16.1 Å². The molecule has 0 aliphatic carbocycles. The summed E-state index contributed by atoms with van der Waals surface area (Å²) in [7, 11) is -6.83. The van der Waals surface area contributed by atoms with Gasteiger partial charge in [-0.25, -0.2) is 0 Å². The lowest BCUT2D eigenvalue weighted by Crippen LogP contribution is -2.66. The van der Waals surface area contributed by atoms with Crippen LogP contribution in [0, 0.1) is 11.8 Å². The molecule has 6 heteroatoms. The van der Waals surface area contributed by atoms with Crippen molar-refractivity contribution in [3.63, 3.8) is 0 Å². The fourth-order valence-electron chi connectivity index (χ4n) is 9.20. The molecule has 0 radical (unpaired) electrons. The summed E-state index contributed by atoms with van der Waals surface area (Å²) in [6, 6.07) is 0. The fraction of sp³-hybridized carbons (Fsp3) is 1.00. The number of hydrogen-bond acceptors (Lipinski definition) is 1. The Hall–Kier alpha value is 1.04. The van der Waals surface area contributed by atoms with E-state index in [1.165, 1.54) is 6.42 Å². The molecule has 1 nitrogen and oxygen atoms in total. The van der Waals surface area contributed by atoms with Gasteiger partial charge < -0.3 is 4.43 Å². The third-order valence-corrected chi connectivity index (χ3v) is 37.1. The molecule has 7 unspecified atom stereocenters. The monoisotopic (exact) mass is 440 g/mol. The van der Waals surface area contributed by atoms with Crippen LogP contribution in [0.15, 0.2) is 0 Å². The molecule has 4 bridgehead atoms. The first kappa shape index (κ1) is 20.3. The van der Waals surface area contributed by atoms with E-state index >= 15 is 0 Å². The van der Waals surface area contributed by atoms with Crippen molar-refractivity contribution in [1.29, 1.82) is 0 Å². The van der Waals surface area contributed by atoms with Crippen LogP contribution in [0.4, 0.5) is 0 Å². The van der Waals surface area contributed by atoms with E-state index in [-0.39, 0.29) is 0 Å². The summed E-state index contributed by atoms with van der Waals surface area (Å²) in [4.78, 5) is 0. The molecule has 26 heavy (non-hydrogen) atoms. The highest BCUT2D eigenvalue weighted by Crippen LogP contribution is 2.92. The number of hydrogen-bond donors (Lipinski definition) is 0. The van der Waals surface area contributed by atoms with Crippen LogP contribution in [0.25, 0.3) is 0 Å². The van der Waals surface area contributed by atoms with Gasteiger partial charge in [0.2, 0.25) is 0 Å². The zero-order valence-electron chi connectivity index (χ0n) is 19.6. The van der Waals surface area contributed by atoms with Crippen LogP contribution in [-0.2, 0) is 4.43 Å². The molecular weight excluding hydrogens is 397 g/mol. The second-order valence-electron chi connectivity index (χ2n) is 14.6. The van der Waals surface area contributed by atoms with Crippen molar-refractivity contribution >= 4 is 40.6 Å². The predicted molar refractivity (Wildman–Crippen MR) is 129 cm³/mol. The maximum atomic E-state index is 7.88. The SMILES string of the molecule is C[Si](C)(C)C1C2CC3([Si](C)(C)C)CC4([Si](C)(C)C)O[Si]13C([Si](C)(C)C)C24. The van der Waals surface area contributed by atoms with Crippen LogP contribution in [0.2, 0.25) is 93.6 Å². The standard InChI is InChI=1S/C20H44OSi5/c1-22(2,3)17-15-13-19(24(7,8)9)14-20(25(10,11)12)16(15)18(23(4,5)6)26(17,19)21-20/h15-18H,13-14H2,1-12H3. The lowest BCUT2D eigenvalue weighted by Gasteiger charge is -2.60. The Morgan fingerprint density at radius 2 is 1.23 bits per heavy atom. The second kappa shape index (κ2) is 4.85. The molecule has 4 aliphatic rings. The Bertz CT molecular complexity index is 651. The van der Waals surface area contributed by atoms with E-state index in [4.69, 9.17) is 4.43 Å². The van der Waals surface area contributed by atoms with Crippen LogP contribution in [-0.4, -0.2) is 45.8 Å². The Labute approximate surface area is 168 Å². The Kier molecular flexibility index (Phi) is 3.79. The van der Waals surface area contributed by atoms with Gasteiger partial charge in [-0.3, -0.25) is 0 Å². The molecule has 0 aromatic rings. The van der Waals surface area contributed by atoms with Crippen LogP contribution in [0.1, 0.15) is 12.8 Å². The van der Waals surface area contributed by atoms with Gasteiger partial charge in [-0.05, 0) is 39.7 Å². The van der Waals surface area contributed by atoms with E-state index in [9.17, 15) is 0 Å². The van der Waals surface area contributed by atoms with Crippen LogP contribution in [0.3, 0.4) is 0 Å². The van der Waals surface area contributed by atoms with Gasteiger partial charge >= 0.3 is 0 Å². The van der Waals surface area contributed by atoms with Crippen LogP contribution in [0.5, 0.6) is 0 Å². The fourth-order valence-corrected chi connectivity index (χ4v) is 45.1. The van der Waals surface area contributed by atoms with Crippen molar-refractivity contribution in [2.75, 3.05) is 0 Å². The van der Waals surface area contributed by atoms with Crippen molar-refractivity contribution in [3.8, 4) is 0 Å². The third kappa shape index (κ3) is 1.91. The van der Waals surface area contributed by atoms with Gasteiger partial charge in [0.25, 0.3) is 0 Å². The minimum atomic E-state index is -1.74. The summed E-state index contributed by atoms with van der Waals surface area (Å²) in [5, 5.41) is 2.50. The molecule has 7 atom stereocenters. The molecule has 0 amide bonds. The van der Waals surface area contributed by atoms with E-state index in [0.29, 0.717) is 9.89 Å². The molecule has 0 aromatic heterocycles. The van der Waals surface area contributed by atoms with Crippen LogP contribution >= 0.6 is 0 Å². The Balaban J connectivity index is 2.04. The Morgan fingerprint density at radius 1 is 0.731 bits per heavy atom. The summed E-state index contributed by atoms with van der Waals surface area (Å²) in [6.07, 6.45) is 3.11. The summed E-state index contributed by atoms with van der Waals surface area (Å²) in [5.41, 5.74) is 0. The molecule has 150 valence electrons. The van der Waals surface area contributed by atoms with E-state index in [0.717, 1.165) is 22.2 Å². The van der Waals surface area contributed by atoms with E-state index in [1.54, 1.807) is 6.42 Å². The maximum absolute atomic E-state index is 7.88. The lowest BCUT2D eigenvalue weighted by molar-refractivity contribution is 0.0552. The number of fused-ring (bicyclic) bond motifs is 5.